The van der Waals surface area contributed by atoms with Crippen LogP contribution in [0.4, 0.5) is 10.1 Å². The summed E-state index contributed by atoms with van der Waals surface area (Å²) < 4.78 is 21.6. The van der Waals surface area contributed by atoms with Gasteiger partial charge in [0.15, 0.2) is 5.82 Å². The Morgan fingerprint density at radius 3 is 2.97 bits per heavy atom. The molecule has 4 atom stereocenters. The lowest BCUT2D eigenvalue weighted by atomic mass is 9.95. The van der Waals surface area contributed by atoms with E-state index in [2.05, 4.69) is 28.2 Å². The van der Waals surface area contributed by atoms with Gasteiger partial charge in [-0.2, -0.15) is 0 Å². The lowest BCUT2D eigenvalue weighted by Gasteiger charge is -2.37. The van der Waals surface area contributed by atoms with Crippen molar-refractivity contribution in [3.63, 3.8) is 0 Å². The van der Waals surface area contributed by atoms with Crippen LogP contribution in [0.15, 0.2) is 12.1 Å². The van der Waals surface area contributed by atoms with E-state index in [1.807, 2.05) is 31.1 Å². The fraction of sp³-hybridized carbons (Fsp3) is 0.619. The van der Waals surface area contributed by atoms with Gasteiger partial charge in [0.05, 0.1) is 30.1 Å². The molecular formula is C21H32FN5O2. The third-order valence-corrected chi connectivity index (χ3v) is 5.92. The Labute approximate surface area is 171 Å². The molecule has 1 fully saturated rings. The Hall–Kier alpha value is -1.71. The first kappa shape index (κ1) is 20.6. The molecule has 5 N–H and O–H groups in total. The van der Waals surface area contributed by atoms with E-state index in [-0.39, 0.29) is 18.3 Å². The van der Waals surface area contributed by atoms with E-state index in [0.717, 1.165) is 24.0 Å². The number of halogens is 1. The molecule has 8 heteroatoms. The van der Waals surface area contributed by atoms with Crippen LogP contribution in [0.2, 0.25) is 0 Å². The van der Waals surface area contributed by atoms with Crippen LogP contribution < -0.4 is 26.0 Å². The van der Waals surface area contributed by atoms with Gasteiger partial charge in [0.25, 0.3) is 0 Å². The summed E-state index contributed by atoms with van der Waals surface area (Å²) in [5, 5.41) is 23.7. The Balaban J connectivity index is 1.67. The quantitative estimate of drug-likeness (QED) is 0.512. The van der Waals surface area contributed by atoms with Crippen molar-refractivity contribution in [2.45, 2.75) is 50.8 Å². The minimum atomic E-state index is -0.527. The van der Waals surface area contributed by atoms with Gasteiger partial charge in [-0.15, -0.1) is 0 Å². The molecule has 0 aromatic heterocycles. The second-order valence-corrected chi connectivity index (χ2v) is 8.40. The van der Waals surface area contributed by atoms with Crippen molar-refractivity contribution in [3.8, 4) is 5.75 Å². The van der Waals surface area contributed by atoms with Crippen molar-refractivity contribution >= 4 is 11.3 Å². The number of aliphatic hydroxyl groups excluding tert-OH is 1. The van der Waals surface area contributed by atoms with Gasteiger partial charge in [-0.1, -0.05) is 6.08 Å². The maximum absolute atomic E-state index is 15.8. The molecule has 29 heavy (non-hydrogen) atoms. The summed E-state index contributed by atoms with van der Waals surface area (Å²) in [6.45, 7) is 3.92. The van der Waals surface area contributed by atoms with Gasteiger partial charge in [0.2, 0.25) is 0 Å². The van der Waals surface area contributed by atoms with Gasteiger partial charge in [-0.05, 0) is 39.1 Å². The van der Waals surface area contributed by atoms with Gasteiger partial charge in [-0.25, -0.2) is 4.39 Å². The lowest BCUT2D eigenvalue weighted by molar-refractivity contribution is 0.139. The van der Waals surface area contributed by atoms with E-state index in [0.29, 0.717) is 49.2 Å². The molecule has 160 valence electrons. The van der Waals surface area contributed by atoms with Crippen LogP contribution >= 0.6 is 0 Å². The summed E-state index contributed by atoms with van der Waals surface area (Å²) in [5.74, 6) is 0.304. The van der Waals surface area contributed by atoms with Crippen LogP contribution in [0.5, 0.6) is 5.75 Å². The highest BCUT2D eigenvalue weighted by molar-refractivity contribution is 5.77. The second kappa shape index (κ2) is 8.57. The Bertz CT molecular complexity index is 787. The van der Waals surface area contributed by atoms with E-state index in [1.165, 1.54) is 0 Å². The maximum atomic E-state index is 15.8. The predicted molar refractivity (Wildman–Crippen MR) is 112 cm³/mol. The zero-order valence-corrected chi connectivity index (χ0v) is 17.4. The highest BCUT2D eigenvalue weighted by atomic mass is 19.1. The van der Waals surface area contributed by atoms with Crippen LogP contribution in [-0.4, -0.2) is 68.4 Å². The van der Waals surface area contributed by atoms with E-state index < -0.39 is 6.10 Å². The minimum absolute atomic E-state index is 0.152. The van der Waals surface area contributed by atoms with Crippen molar-refractivity contribution in [2.75, 3.05) is 39.1 Å². The second-order valence-electron chi connectivity index (χ2n) is 8.40. The molecule has 0 spiro atoms. The highest BCUT2D eigenvalue weighted by Gasteiger charge is 2.30. The van der Waals surface area contributed by atoms with Crippen LogP contribution in [0.1, 0.15) is 30.9 Å². The van der Waals surface area contributed by atoms with Crippen LogP contribution in [0.3, 0.4) is 0 Å². The third-order valence-electron chi connectivity index (χ3n) is 5.92. The van der Waals surface area contributed by atoms with Gasteiger partial charge in [-0.3, -0.25) is 10.6 Å². The fourth-order valence-electron chi connectivity index (χ4n) is 4.47. The average Bonchev–Trinajstić information content (AvgIpc) is 3.06. The number of fused-ring (bicyclic) bond motifs is 1. The summed E-state index contributed by atoms with van der Waals surface area (Å²) in [7, 11) is 3.87. The van der Waals surface area contributed by atoms with Crippen molar-refractivity contribution in [3.05, 3.63) is 29.1 Å². The fourth-order valence-corrected chi connectivity index (χ4v) is 4.47. The topological polar surface area (TPSA) is 80.8 Å². The number of ether oxygens (including phenoxy) is 1. The molecule has 0 radical (unpaired) electrons. The smallest absolute Gasteiger partial charge is 0.157 e. The number of hydrogen-bond acceptors (Lipinski definition) is 7. The predicted octanol–water partition coefficient (Wildman–Crippen LogP) is 1.05. The number of aliphatic hydroxyl groups is 1. The average molecular weight is 406 g/mol. The highest BCUT2D eigenvalue weighted by Crippen LogP contribution is 2.41. The van der Waals surface area contributed by atoms with E-state index in [4.69, 9.17) is 4.74 Å². The monoisotopic (exact) mass is 405 g/mol. The van der Waals surface area contributed by atoms with Gasteiger partial charge in [0, 0.05) is 37.5 Å². The number of anilines is 1. The molecule has 3 heterocycles. The number of benzene rings is 1. The molecule has 1 saturated heterocycles. The zero-order chi connectivity index (χ0) is 20.5. The normalized spacial score (nSPS) is 30.3. The summed E-state index contributed by atoms with van der Waals surface area (Å²) in [5.41, 5.74) is 2.76. The van der Waals surface area contributed by atoms with Crippen LogP contribution in [0, 0.1) is 5.82 Å². The molecule has 1 aromatic rings. The molecule has 3 aliphatic heterocycles. The van der Waals surface area contributed by atoms with Crippen molar-refractivity contribution < 1.29 is 14.2 Å². The molecule has 3 aliphatic rings. The summed E-state index contributed by atoms with van der Waals surface area (Å²) in [6.07, 6.45) is 3.50. The maximum Gasteiger partial charge on any atom is 0.157 e. The largest absolute Gasteiger partial charge is 0.492 e. The molecule has 7 nitrogen and oxygen atoms in total. The molecular weight excluding hydrogens is 373 g/mol. The van der Waals surface area contributed by atoms with Crippen molar-refractivity contribution in [1.29, 1.82) is 0 Å². The first-order valence-corrected chi connectivity index (χ1v) is 10.4. The first-order chi connectivity index (χ1) is 13.9. The number of likely N-dealkylation sites (N-methyl/N-ethyl adjacent to an activating group) is 1. The first-order valence-electron chi connectivity index (χ1n) is 10.4. The minimum Gasteiger partial charge on any atom is -0.492 e. The van der Waals surface area contributed by atoms with E-state index in [9.17, 15) is 5.11 Å². The zero-order valence-electron chi connectivity index (χ0n) is 17.4. The van der Waals surface area contributed by atoms with Gasteiger partial charge in [0.1, 0.15) is 12.0 Å². The number of rotatable bonds is 4. The molecule has 0 bridgehead atoms. The Morgan fingerprint density at radius 1 is 1.34 bits per heavy atom. The molecule has 0 aliphatic carbocycles. The molecule has 4 unspecified atom stereocenters. The molecule has 0 saturated carbocycles. The summed E-state index contributed by atoms with van der Waals surface area (Å²) >= 11 is 0. The summed E-state index contributed by atoms with van der Waals surface area (Å²) in [6, 6.07) is 2.15. The van der Waals surface area contributed by atoms with Crippen LogP contribution in [-0.2, 0) is 6.42 Å². The van der Waals surface area contributed by atoms with Crippen molar-refractivity contribution in [2.24, 2.45) is 0 Å². The Kier molecular flexibility index (Phi) is 6.08. The van der Waals surface area contributed by atoms with E-state index >= 15 is 4.39 Å². The van der Waals surface area contributed by atoms with Gasteiger partial charge >= 0.3 is 0 Å². The lowest BCUT2D eigenvalue weighted by Crippen LogP contribution is -2.63. The number of nitrogens with zero attached hydrogens (tertiary/aromatic N) is 1. The summed E-state index contributed by atoms with van der Waals surface area (Å²) in [4.78, 5) is 2.04. The molecule has 0 amide bonds. The Morgan fingerprint density at radius 2 is 2.17 bits per heavy atom. The number of nitrogens with one attached hydrogen (secondary N) is 4. The van der Waals surface area contributed by atoms with E-state index in [1.54, 1.807) is 0 Å². The molecule has 1 aromatic carbocycles. The number of hydrogen-bond donors (Lipinski definition) is 5. The standard InChI is InChI=1S/C21H32FN5O2/c1-12-8-17(23-2)26-21(24-12)25-16-10-14-5-7-29-20(14)18(19(16)22)13-4-6-27(3)11-15(28)9-13/h4,10,12,15,17,21,23-26,28H,5-9,11H2,1-3H3. The number of β-amino-alcohol motifs (C(OH)–C–C–N with tert-alkyl or cyclic N) is 1. The third kappa shape index (κ3) is 4.41. The molecule has 4 rings (SSSR count). The van der Waals surface area contributed by atoms with Crippen LogP contribution in [0.25, 0.3) is 5.57 Å². The van der Waals surface area contributed by atoms with Crippen molar-refractivity contribution in [1.82, 2.24) is 20.9 Å². The van der Waals surface area contributed by atoms with Gasteiger partial charge < -0.3 is 25.4 Å². The SMILES string of the molecule is CNC1CC(C)NC(Nc2cc3c(c(C4=CCN(C)CC(O)C4)c2F)OCC3)N1.